The fourth-order valence-corrected chi connectivity index (χ4v) is 2.88. The first-order chi connectivity index (χ1) is 10.6. The van der Waals surface area contributed by atoms with E-state index in [1.165, 1.54) is 0 Å². The summed E-state index contributed by atoms with van der Waals surface area (Å²) in [5.41, 5.74) is 1.83. The van der Waals surface area contributed by atoms with Gasteiger partial charge in [0.25, 0.3) is 0 Å². The zero-order valence-corrected chi connectivity index (χ0v) is 13.3. The Bertz CT molecular complexity index is 541. The van der Waals surface area contributed by atoms with E-state index in [0.717, 1.165) is 36.3 Å². The Kier molecular flexibility index (Phi) is 5.41. The molecule has 122 valence electrons. The summed E-state index contributed by atoms with van der Waals surface area (Å²) >= 11 is 0. The summed E-state index contributed by atoms with van der Waals surface area (Å²) in [5, 5.41) is 6.64. The molecule has 1 aromatic rings. The molecular weight excluding hydrogens is 286 g/mol. The average molecular weight is 309 g/mol. The lowest BCUT2D eigenvalue weighted by molar-refractivity contribution is -0.141. The molecule has 2 amide bonds. The predicted octanol–water partition coefficient (Wildman–Crippen LogP) is 1.96. The Labute approximate surface area is 130 Å². The molecule has 7 nitrogen and oxygen atoms in total. The first kappa shape index (κ1) is 16.3. The second-order valence-corrected chi connectivity index (χ2v) is 5.27. The summed E-state index contributed by atoms with van der Waals surface area (Å²) in [7, 11) is 0. The maximum atomic E-state index is 12.3. The number of likely N-dealkylation sites (tertiary alicyclic amines) is 1. The number of amides is 2. The molecule has 0 aromatic carbocycles. The van der Waals surface area contributed by atoms with Crippen molar-refractivity contribution in [3.8, 4) is 0 Å². The molecule has 1 aromatic heterocycles. The van der Waals surface area contributed by atoms with Gasteiger partial charge in [-0.05, 0) is 26.7 Å². The second-order valence-electron chi connectivity index (χ2n) is 5.27. The third-order valence-corrected chi connectivity index (χ3v) is 3.84. The van der Waals surface area contributed by atoms with E-state index in [0.29, 0.717) is 13.2 Å². The number of hydrogen-bond acceptors (Lipinski definition) is 5. The second kappa shape index (κ2) is 7.29. The van der Waals surface area contributed by atoms with Crippen LogP contribution in [0.4, 0.5) is 4.79 Å². The van der Waals surface area contributed by atoms with Crippen LogP contribution in [0.3, 0.4) is 0 Å². The van der Waals surface area contributed by atoms with Crippen LogP contribution >= 0.6 is 0 Å². The normalized spacial score (nSPS) is 17.6. The van der Waals surface area contributed by atoms with Crippen LogP contribution in [0.1, 0.15) is 49.7 Å². The van der Waals surface area contributed by atoms with Gasteiger partial charge in [0.1, 0.15) is 12.3 Å². The summed E-state index contributed by atoms with van der Waals surface area (Å²) in [5.74, 6) is 0.398. The lowest BCUT2D eigenvalue weighted by atomic mass is 10.0. The van der Waals surface area contributed by atoms with Gasteiger partial charge in [0.15, 0.2) is 0 Å². The first-order valence-corrected chi connectivity index (χ1v) is 7.73. The van der Waals surface area contributed by atoms with E-state index in [4.69, 9.17) is 9.26 Å². The highest BCUT2D eigenvalue weighted by atomic mass is 16.5. The van der Waals surface area contributed by atoms with Gasteiger partial charge in [-0.15, -0.1) is 0 Å². The van der Waals surface area contributed by atoms with Crippen LogP contribution in [0, 0.1) is 6.92 Å². The van der Waals surface area contributed by atoms with E-state index in [2.05, 4.69) is 10.5 Å². The Morgan fingerprint density at radius 1 is 1.45 bits per heavy atom. The molecule has 1 unspecified atom stereocenters. The van der Waals surface area contributed by atoms with Crippen molar-refractivity contribution in [2.45, 2.75) is 46.1 Å². The number of carbonyl (C=O) groups is 2. The summed E-state index contributed by atoms with van der Waals surface area (Å²) < 4.78 is 10.1. The number of esters is 1. The highest BCUT2D eigenvalue weighted by Crippen LogP contribution is 2.35. The van der Waals surface area contributed by atoms with Crippen LogP contribution in [0.25, 0.3) is 0 Å². The smallest absolute Gasteiger partial charge is 0.325 e. The molecule has 1 N–H and O–H groups in total. The number of urea groups is 1. The average Bonchev–Trinajstić information content (AvgIpc) is 3.10. The molecule has 0 spiro atoms. The Morgan fingerprint density at radius 3 is 2.91 bits per heavy atom. The van der Waals surface area contributed by atoms with Crippen molar-refractivity contribution >= 4 is 12.0 Å². The van der Waals surface area contributed by atoms with E-state index in [-0.39, 0.29) is 18.6 Å². The zero-order chi connectivity index (χ0) is 16.1. The lowest BCUT2D eigenvalue weighted by Gasteiger charge is -2.25. The Hall–Kier alpha value is -2.05. The zero-order valence-electron chi connectivity index (χ0n) is 13.3. The fourth-order valence-electron chi connectivity index (χ4n) is 2.88. The number of nitrogens with one attached hydrogen (secondary N) is 1. The van der Waals surface area contributed by atoms with Gasteiger partial charge < -0.3 is 19.5 Å². The minimum absolute atomic E-state index is 0.0385. The fraction of sp³-hybridized carbons (Fsp3) is 0.667. The highest BCUT2D eigenvalue weighted by Gasteiger charge is 2.34. The molecule has 1 aliphatic rings. The maximum absolute atomic E-state index is 12.3. The predicted molar refractivity (Wildman–Crippen MR) is 79.3 cm³/mol. The van der Waals surface area contributed by atoms with Gasteiger partial charge in [-0.2, -0.15) is 0 Å². The molecule has 1 saturated heterocycles. The lowest BCUT2D eigenvalue weighted by Crippen LogP contribution is -2.42. The number of nitrogens with zero attached hydrogens (tertiary/aromatic N) is 2. The van der Waals surface area contributed by atoms with Crippen molar-refractivity contribution in [3.63, 3.8) is 0 Å². The topological polar surface area (TPSA) is 84.7 Å². The van der Waals surface area contributed by atoms with E-state index in [1.54, 1.807) is 11.8 Å². The molecule has 2 heterocycles. The van der Waals surface area contributed by atoms with Crippen LogP contribution in [-0.4, -0.2) is 41.8 Å². The van der Waals surface area contributed by atoms with E-state index >= 15 is 0 Å². The summed E-state index contributed by atoms with van der Waals surface area (Å²) in [6.07, 6.45) is 2.54. The van der Waals surface area contributed by atoms with Crippen molar-refractivity contribution < 1.29 is 18.8 Å². The van der Waals surface area contributed by atoms with Crippen molar-refractivity contribution in [2.75, 3.05) is 19.7 Å². The molecule has 0 saturated carbocycles. The van der Waals surface area contributed by atoms with E-state index < -0.39 is 5.97 Å². The number of carbonyl (C=O) groups excluding carboxylic acids is 2. The van der Waals surface area contributed by atoms with Gasteiger partial charge in [-0.3, -0.25) is 4.79 Å². The van der Waals surface area contributed by atoms with Gasteiger partial charge in [-0.25, -0.2) is 4.79 Å². The van der Waals surface area contributed by atoms with Gasteiger partial charge in [0, 0.05) is 18.5 Å². The first-order valence-electron chi connectivity index (χ1n) is 7.73. The Morgan fingerprint density at radius 2 is 2.23 bits per heavy atom. The third kappa shape index (κ3) is 3.40. The molecule has 7 heteroatoms. The summed E-state index contributed by atoms with van der Waals surface area (Å²) in [4.78, 5) is 25.4. The quantitative estimate of drug-likeness (QED) is 0.840. The monoisotopic (exact) mass is 309 g/mol. The molecule has 1 atom stereocenters. The van der Waals surface area contributed by atoms with Gasteiger partial charge in [0.05, 0.1) is 18.3 Å². The molecule has 0 radical (unpaired) electrons. The largest absolute Gasteiger partial charge is 0.465 e. The molecule has 0 bridgehead atoms. The van der Waals surface area contributed by atoms with E-state index in [1.807, 2.05) is 13.8 Å². The van der Waals surface area contributed by atoms with Crippen LogP contribution in [0.2, 0.25) is 0 Å². The van der Waals surface area contributed by atoms with Crippen LogP contribution in [0.15, 0.2) is 4.52 Å². The van der Waals surface area contributed by atoms with Crippen LogP contribution < -0.4 is 5.32 Å². The minimum Gasteiger partial charge on any atom is -0.465 e. The van der Waals surface area contributed by atoms with Crippen molar-refractivity contribution in [1.82, 2.24) is 15.4 Å². The van der Waals surface area contributed by atoms with Gasteiger partial charge >= 0.3 is 12.0 Å². The minimum atomic E-state index is -0.429. The van der Waals surface area contributed by atoms with Crippen molar-refractivity contribution in [2.24, 2.45) is 0 Å². The van der Waals surface area contributed by atoms with Crippen molar-refractivity contribution in [1.29, 1.82) is 0 Å². The molecule has 0 aliphatic carbocycles. The number of aromatic nitrogens is 1. The molecule has 1 fully saturated rings. The number of rotatable bonds is 5. The SMILES string of the molecule is CCOC(=O)CNC(=O)N1CCCC1c1c(C)noc1CC. The number of aryl methyl sites for hydroxylation is 2. The van der Waals surface area contributed by atoms with Crippen molar-refractivity contribution in [3.05, 3.63) is 17.0 Å². The molecule has 22 heavy (non-hydrogen) atoms. The molecule has 2 rings (SSSR count). The summed E-state index contributed by atoms with van der Waals surface area (Å²) in [6, 6.07) is -0.290. The number of ether oxygens (including phenoxy) is 1. The van der Waals surface area contributed by atoms with E-state index in [9.17, 15) is 9.59 Å². The standard InChI is InChI=1S/C15H23N3O4/c1-4-12-14(10(3)17-22-12)11-7-6-8-18(11)15(20)16-9-13(19)21-5-2/h11H,4-9H2,1-3H3,(H,16,20). The number of hydrogen-bond donors (Lipinski definition) is 1. The van der Waals surface area contributed by atoms with Gasteiger partial charge in [0.2, 0.25) is 0 Å². The molecular formula is C15H23N3O4. The van der Waals surface area contributed by atoms with Crippen LogP contribution in [-0.2, 0) is 16.0 Å². The van der Waals surface area contributed by atoms with Gasteiger partial charge in [-0.1, -0.05) is 12.1 Å². The Balaban J connectivity index is 2.05. The highest BCUT2D eigenvalue weighted by molar-refractivity contribution is 5.81. The summed E-state index contributed by atoms with van der Waals surface area (Å²) in [6.45, 7) is 6.48. The maximum Gasteiger partial charge on any atom is 0.325 e. The molecule has 1 aliphatic heterocycles. The third-order valence-electron chi connectivity index (χ3n) is 3.84. The van der Waals surface area contributed by atoms with Crippen LogP contribution in [0.5, 0.6) is 0 Å².